The quantitative estimate of drug-likeness (QED) is 0.822. The Morgan fingerprint density at radius 2 is 2.00 bits per heavy atom. The topological polar surface area (TPSA) is 40.6 Å². The zero-order valence-corrected chi connectivity index (χ0v) is 14.9. The van der Waals surface area contributed by atoms with Gasteiger partial charge in [0.15, 0.2) is 0 Å². The Morgan fingerprint density at radius 1 is 1.24 bits per heavy atom. The highest BCUT2D eigenvalue weighted by atomic mass is 19.1. The second-order valence-electron chi connectivity index (χ2n) is 7.21. The number of amides is 2. The number of carbonyl (C=O) groups excluding carboxylic acids is 2. The SMILES string of the molecule is CCC1CCCCN1C(=O)C1CC(=O)N(CCc2ccc(F)cc2)C1. The van der Waals surface area contributed by atoms with Gasteiger partial charge in [0.2, 0.25) is 11.8 Å². The minimum Gasteiger partial charge on any atom is -0.342 e. The van der Waals surface area contributed by atoms with E-state index in [0.717, 1.165) is 31.4 Å². The van der Waals surface area contributed by atoms with Crippen LogP contribution in [0.4, 0.5) is 4.39 Å². The van der Waals surface area contributed by atoms with Crippen LogP contribution in [-0.2, 0) is 16.0 Å². The van der Waals surface area contributed by atoms with E-state index in [4.69, 9.17) is 0 Å². The Morgan fingerprint density at radius 3 is 2.72 bits per heavy atom. The molecule has 1 aromatic rings. The van der Waals surface area contributed by atoms with Crippen LogP contribution in [-0.4, -0.2) is 47.3 Å². The maximum Gasteiger partial charge on any atom is 0.228 e. The van der Waals surface area contributed by atoms with Gasteiger partial charge in [0.05, 0.1) is 5.92 Å². The summed E-state index contributed by atoms with van der Waals surface area (Å²) in [7, 11) is 0. The average Bonchev–Trinajstić information content (AvgIpc) is 3.01. The van der Waals surface area contributed by atoms with E-state index in [1.165, 1.54) is 18.6 Å². The number of hydrogen-bond acceptors (Lipinski definition) is 2. The minimum absolute atomic E-state index is 0.0607. The van der Waals surface area contributed by atoms with Gasteiger partial charge in [-0.15, -0.1) is 0 Å². The molecule has 0 aliphatic carbocycles. The van der Waals surface area contributed by atoms with E-state index in [2.05, 4.69) is 6.92 Å². The zero-order chi connectivity index (χ0) is 17.8. The van der Waals surface area contributed by atoms with Crippen molar-refractivity contribution < 1.29 is 14.0 Å². The average molecular weight is 346 g/mol. The summed E-state index contributed by atoms with van der Waals surface area (Å²) in [6, 6.07) is 6.71. The van der Waals surface area contributed by atoms with Gasteiger partial charge in [0.25, 0.3) is 0 Å². The van der Waals surface area contributed by atoms with Gasteiger partial charge < -0.3 is 9.80 Å². The molecule has 2 aliphatic rings. The lowest BCUT2D eigenvalue weighted by Gasteiger charge is -2.36. The minimum atomic E-state index is -0.251. The molecule has 2 atom stereocenters. The first-order valence-electron chi connectivity index (χ1n) is 9.41. The summed E-state index contributed by atoms with van der Waals surface area (Å²) in [6.07, 6.45) is 5.34. The van der Waals surface area contributed by atoms with Gasteiger partial charge in [0, 0.05) is 32.1 Å². The predicted molar refractivity (Wildman–Crippen MR) is 94.4 cm³/mol. The molecule has 2 aliphatic heterocycles. The number of halogens is 1. The fourth-order valence-electron chi connectivity index (χ4n) is 4.02. The van der Waals surface area contributed by atoms with Gasteiger partial charge in [-0.25, -0.2) is 4.39 Å². The Bertz CT molecular complexity index is 617. The maximum atomic E-state index is 13.0. The van der Waals surface area contributed by atoms with Crippen LogP contribution in [0, 0.1) is 11.7 Å². The van der Waals surface area contributed by atoms with Gasteiger partial charge in [0.1, 0.15) is 5.82 Å². The first-order chi connectivity index (χ1) is 12.1. The lowest BCUT2D eigenvalue weighted by molar-refractivity contribution is -0.139. The molecular weight excluding hydrogens is 319 g/mol. The molecule has 4 nitrogen and oxygen atoms in total. The third-order valence-electron chi connectivity index (χ3n) is 5.53. The number of carbonyl (C=O) groups is 2. The Labute approximate surface area is 149 Å². The van der Waals surface area contributed by atoms with Gasteiger partial charge in [-0.05, 0) is 49.8 Å². The number of hydrogen-bond donors (Lipinski definition) is 0. The van der Waals surface area contributed by atoms with Crippen molar-refractivity contribution in [1.29, 1.82) is 0 Å². The summed E-state index contributed by atoms with van der Waals surface area (Å²) >= 11 is 0. The molecule has 2 unspecified atom stereocenters. The molecule has 0 aromatic heterocycles. The number of likely N-dealkylation sites (tertiary alicyclic amines) is 2. The van der Waals surface area contributed by atoms with E-state index in [9.17, 15) is 14.0 Å². The van der Waals surface area contributed by atoms with Crippen LogP contribution in [0.5, 0.6) is 0 Å². The van der Waals surface area contributed by atoms with Crippen molar-refractivity contribution in [2.45, 2.75) is 51.5 Å². The van der Waals surface area contributed by atoms with Crippen LogP contribution < -0.4 is 0 Å². The number of benzene rings is 1. The molecule has 0 spiro atoms. The number of piperidine rings is 1. The van der Waals surface area contributed by atoms with E-state index >= 15 is 0 Å². The second-order valence-corrected chi connectivity index (χ2v) is 7.21. The van der Waals surface area contributed by atoms with Crippen LogP contribution in [0.15, 0.2) is 24.3 Å². The van der Waals surface area contributed by atoms with E-state index in [0.29, 0.717) is 32.0 Å². The first-order valence-corrected chi connectivity index (χ1v) is 9.41. The molecule has 136 valence electrons. The molecule has 0 bridgehead atoms. The third kappa shape index (κ3) is 4.20. The van der Waals surface area contributed by atoms with Crippen molar-refractivity contribution in [3.63, 3.8) is 0 Å². The van der Waals surface area contributed by atoms with E-state index in [1.54, 1.807) is 17.0 Å². The second kappa shape index (κ2) is 7.98. The molecule has 2 saturated heterocycles. The molecule has 5 heteroatoms. The van der Waals surface area contributed by atoms with E-state index in [-0.39, 0.29) is 23.5 Å². The molecule has 2 fully saturated rings. The standard InChI is InChI=1S/C20H27FN2O2/c1-2-18-5-3-4-11-23(18)20(25)16-13-19(24)22(14-16)12-10-15-6-8-17(21)9-7-15/h6-9,16,18H,2-5,10-14H2,1H3. The molecule has 0 radical (unpaired) electrons. The van der Waals surface area contributed by atoms with Crippen LogP contribution in [0.3, 0.4) is 0 Å². The van der Waals surface area contributed by atoms with Gasteiger partial charge in [-0.3, -0.25) is 9.59 Å². The summed E-state index contributed by atoms with van der Waals surface area (Å²) < 4.78 is 13.0. The molecule has 25 heavy (non-hydrogen) atoms. The molecule has 0 N–H and O–H groups in total. The van der Waals surface area contributed by atoms with Crippen molar-refractivity contribution in [2.75, 3.05) is 19.6 Å². The Hall–Kier alpha value is -1.91. The summed E-state index contributed by atoms with van der Waals surface area (Å²) in [5.41, 5.74) is 1.01. The van der Waals surface area contributed by atoms with E-state index < -0.39 is 0 Å². The molecular formula is C20H27FN2O2. The lowest BCUT2D eigenvalue weighted by atomic mass is 9.97. The zero-order valence-electron chi connectivity index (χ0n) is 14.9. The Kier molecular flexibility index (Phi) is 5.71. The molecule has 2 amide bonds. The van der Waals surface area contributed by atoms with Crippen molar-refractivity contribution in [1.82, 2.24) is 9.80 Å². The molecule has 1 aromatic carbocycles. The van der Waals surface area contributed by atoms with Crippen LogP contribution >= 0.6 is 0 Å². The van der Waals surface area contributed by atoms with Gasteiger partial charge in [-0.1, -0.05) is 19.1 Å². The van der Waals surface area contributed by atoms with Crippen molar-refractivity contribution >= 4 is 11.8 Å². The fraction of sp³-hybridized carbons (Fsp3) is 0.600. The van der Waals surface area contributed by atoms with E-state index in [1.807, 2.05) is 4.90 Å². The monoisotopic (exact) mass is 346 g/mol. The van der Waals surface area contributed by atoms with Gasteiger partial charge >= 0.3 is 0 Å². The summed E-state index contributed by atoms with van der Waals surface area (Å²) in [6.45, 7) is 4.07. The predicted octanol–water partition coefficient (Wildman–Crippen LogP) is 3.01. The van der Waals surface area contributed by atoms with Crippen molar-refractivity contribution in [3.8, 4) is 0 Å². The Balaban J connectivity index is 1.56. The summed E-state index contributed by atoms with van der Waals surface area (Å²) in [4.78, 5) is 29.0. The largest absolute Gasteiger partial charge is 0.342 e. The highest BCUT2D eigenvalue weighted by Gasteiger charge is 2.38. The normalized spacial score (nSPS) is 24.0. The van der Waals surface area contributed by atoms with Gasteiger partial charge in [-0.2, -0.15) is 0 Å². The first kappa shape index (κ1) is 17.9. The van der Waals surface area contributed by atoms with Crippen LogP contribution in [0.25, 0.3) is 0 Å². The highest BCUT2D eigenvalue weighted by molar-refractivity contribution is 5.89. The summed E-state index contributed by atoms with van der Waals surface area (Å²) in [5, 5.41) is 0. The maximum absolute atomic E-state index is 13.0. The molecule has 0 saturated carbocycles. The number of rotatable bonds is 5. The van der Waals surface area contributed by atoms with Crippen LogP contribution in [0.1, 0.15) is 44.6 Å². The third-order valence-corrected chi connectivity index (χ3v) is 5.53. The van der Waals surface area contributed by atoms with Crippen molar-refractivity contribution in [3.05, 3.63) is 35.6 Å². The molecule has 3 rings (SSSR count). The van der Waals surface area contributed by atoms with Crippen LogP contribution in [0.2, 0.25) is 0 Å². The summed E-state index contributed by atoms with van der Waals surface area (Å²) in [5.74, 6) is -0.235. The lowest BCUT2D eigenvalue weighted by Crippen LogP contribution is -2.46. The fourth-order valence-corrected chi connectivity index (χ4v) is 4.02. The number of nitrogens with zero attached hydrogens (tertiary/aromatic N) is 2. The van der Waals surface area contributed by atoms with Crippen molar-refractivity contribution in [2.24, 2.45) is 5.92 Å². The molecule has 2 heterocycles. The smallest absolute Gasteiger partial charge is 0.228 e. The highest BCUT2D eigenvalue weighted by Crippen LogP contribution is 2.26.